The van der Waals surface area contributed by atoms with Gasteiger partial charge in [0.15, 0.2) is 0 Å². The number of quaternary nitrogens is 1. The number of hydrogen-bond donors (Lipinski definition) is 3. The number of nitrogens with one attached hydrogen (secondary N) is 3. The lowest BCUT2D eigenvalue weighted by Gasteiger charge is -2.29. The Morgan fingerprint density at radius 3 is 2.46 bits per heavy atom. The number of hydrogen-bond acceptors (Lipinski definition) is 1. The van der Waals surface area contributed by atoms with Gasteiger partial charge >= 0.3 is 6.03 Å². The van der Waals surface area contributed by atoms with Crippen molar-refractivity contribution in [3.8, 4) is 0 Å². The molecule has 0 aliphatic carbocycles. The van der Waals surface area contributed by atoms with Gasteiger partial charge in [-0.1, -0.05) is 40.9 Å². The van der Waals surface area contributed by atoms with Crippen molar-refractivity contribution < 1.29 is 9.69 Å². The molecule has 1 saturated heterocycles. The molecule has 3 rings (SSSR count). The van der Waals surface area contributed by atoms with Crippen LogP contribution in [0.5, 0.6) is 0 Å². The summed E-state index contributed by atoms with van der Waals surface area (Å²) < 4.78 is 0. The Labute approximate surface area is 173 Å². The van der Waals surface area contributed by atoms with Crippen LogP contribution in [-0.2, 0) is 6.54 Å². The molecule has 1 heterocycles. The van der Waals surface area contributed by atoms with E-state index < -0.39 is 0 Å². The van der Waals surface area contributed by atoms with Gasteiger partial charge in [-0.25, -0.2) is 4.79 Å². The van der Waals surface area contributed by atoms with Gasteiger partial charge in [0.05, 0.1) is 13.1 Å². The molecule has 5 heteroatoms. The molecule has 0 radical (unpaired) electrons. The van der Waals surface area contributed by atoms with Crippen LogP contribution in [0.2, 0.25) is 5.02 Å². The summed E-state index contributed by atoms with van der Waals surface area (Å²) in [4.78, 5) is 13.8. The Hall–Kier alpha value is -2.04. The number of carbonyl (C=O) groups is 1. The van der Waals surface area contributed by atoms with E-state index in [4.69, 9.17) is 11.6 Å². The number of halogens is 1. The molecule has 2 amide bonds. The molecule has 28 heavy (non-hydrogen) atoms. The number of anilines is 1. The fourth-order valence-corrected chi connectivity index (χ4v) is 4.12. The van der Waals surface area contributed by atoms with Crippen molar-refractivity contribution >= 4 is 23.3 Å². The van der Waals surface area contributed by atoms with Crippen molar-refractivity contribution in [2.75, 3.05) is 25.0 Å². The van der Waals surface area contributed by atoms with E-state index >= 15 is 0 Å². The molecule has 0 bridgehead atoms. The van der Waals surface area contributed by atoms with E-state index in [-0.39, 0.29) is 6.03 Å². The Balaban J connectivity index is 1.41. The largest absolute Gasteiger partial charge is 0.338 e. The second-order valence-electron chi connectivity index (χ2n) is 8.12. The van der Waals surface area contributed by atoms with E-state index in [1.165, 1.54) is 16.7 Å². The fraction of sp³-hybridized carbons (Fsp3) is 0.435. The van der Waals surface area contributed by atoms with Gasteiger partial charge in [0.25, 0.3) is 0 Å². The van der Waals surface area contributed by atoms with Crippen LogP contribution in [0.4, 0.5) is 10.5 Å². The van der Waals surface area contributed by atoms with Crippen molar-refractivity contribution in [3.05, 3.63) is 63.7 Å². The maximum absolute atomic E-state index is 12.2. The van der Waals surface area contributed by atoms with Gasteiger partial charge < -0.3 is 15.5 Å². The first kappa shape index (κ1) is 20.7. The molecule has 0 atom stereocenters. The quantitative estimate of drug-likeness (QED) is 0.700. The molecule has 1 fully saturated rings. The van der Waals surface area contributed by atoms with Crippen LogP contribution in [0.1, 0.15) is 35.1 Å². The van der Waals surface area contributed by atoms with Gasteiger partial charge in [0.1, 0.15) is 6.54 Å². The van der Waals surface area contributed by atoms with Crippen LogP contribution in [-0.4, -0.2) is 25.7 Å². The minimum atomic E-state index is -0.117. The summed E-state index contributed by atoms with van der Waals surface area (Å²) in [5, 5.41) is 6.87. The van der Waals surface area contributed by atoms with Crippen molar-refractivity contribution in [3.63, 3.8) is 0 Å². The summed E-state index contributed by atoms with van der Waals surface area (Å²) in [5.41, 5.74) is 5.65. The average molecular weight is 401 g/mol. The van der Waals surface area contributed by atoms with E-state index in [0.29, 0.717) is 5.92 Å². The second-order valence-corrected chi connectivity index (χ2v) is 8.53. The van der Waals surface area contributed by atoms with Gasteiger partial charge in [-0.15, -0.1) is 0 Å². The molecule has 0 spiro atoms. The van der Waals surface area contributed by atoms with E-state index in [9.17, 15) is 4.79 Å². The van der Waals surface area contributed by atoms with E-state index in [1.54, 1.807) is 4.90 Å². The number of aryl methyl sites for hydroxylation is 3. The number of likely N-dealkylation sites (tertiary alicyclic amines) is 1. The normalized spacial score (nSPS) is 19.3. The zero-order valence-electron chi connectivity index (χ0n) is 17.1. The highest BCUT2D eigenvalue weighted by Gasteiger charge is 2.23. The molecule has 2 aromatic carbocycles. The monoisotopic (exact) mass is 400 g/mol. The van der Waals surface area contributed by atoms with E-state index in [1.807, 2.05) is 25.1 Å². The maximum Gasteiger partial charge on any atom is 0.319 e. The van der Waals surface area contributed by atoms with Crippen molar-refractivity contribution in [1.29, 1.82) is 0 Å². The van der Waals surface area contributed by atoms with E-state index in [0.717, 1.165) is 55.3 Å². The number of amides is 2. The highest BCUT2D eigenvalue weighted by Crippen LogP contribution is 2.18. The molecule has 4 nitrogen and oxygen atoms in total. The molecule has 2 aromatic rings. The van der Waals surface area contributed by atoms with Crippen LogP contribution < -0.4 is 15.5 Å². The van der Waals surface area contributed by atoms with Crippen LogP contribution in [0.3, 0.4) is 0 Å². The van der Waals surface area contributed by atoms with Gasteiger partial charge in [0, 0.05) is 35.7 Å². The third-order valence-electron chi connectivity index (χ3n) is 5.64. The zero-order chi connectivity index (χ0) is 20.1. The Kier molecular flexibility index (Phi) is 6.97. The van der Waals surface area contributed by atoms with Crippen molar-refractivity contribution in [2.45, 2.75) is 40.2 Å². The minimum absolute atomic E-state index is 0.117. The Morgan fingerprint density at radius 1 is 1.07 bits per heavy atom. The van der Waals surface area contributed by atoms with Crippen molar-refractivity contribution in [1.82, 2.24) is 5.32 Å². The first-order chi connectivity index (χ1) is 13.4. The highest BCUT2D eigenvalue weighted by molar-refractivity contribution is 6.31. The first-order valence-corrected chi connectivity index (χ1v) is 10.5. The lowest BCUT2D eigenvalue weighted by atomic mass is 9.96. The highest BCUT2D eigenvalue weighted by atomic mass is 35.5. The summed E-state index contributed by atoms with van der Waals surface area (Å²) in [6.45, 7) is 10.1. The lowest BCUT2D eigenvalue weighted by Crippen LogP contribution is -3.11. The predicted octanol–water partition coefficient (Wildman–Crippen LogP) is 3.88. The van der Waals surface area contributed by atoms with Crippen LogP contribution in [0, 0.1) is 26.7 Å². The summed E-state index contributed by atoms with van der Waals surface area (Å²) in [6, 6.07) is 12.2. The number of piperidine rings is 1. The molecular formula is C23H31ClN3O+. The summed E-state index contributed by atoms with van der Waals surface area (Å²) in [6.07, 6.45) is 2.26. The van der Waals surface area contributed by atoms with Gasteiger partial charge in [-0.05, 0) is 50.5 Å². The van der Waals surface area contributed by atoms with Crippen LogP contribution in [0.15, 0.2) is 36.4 Å². The third-order valence-corrected chi connectivity index (χ3v) is 6.00. The molecule has 150 valence electrons. The van der Waals surface area contributed by atoms with Crippen LogP contribution >= 0.6 is 11.6 Å². The third kappa shape index (κ3) is 5.73. The average Bonchev–Trinajstić information content (AvgIpc) is 2.66. The molecule has 3 N–H and O–H groups in total. The number of carbonyl (C=O) groups excluding carboxylic acids is 1. The Bertz CT molecular complexity index is 829. The minimum Gasteiger partial charge on any atom is -0.338 e. The smallest absolute Gasteiger partial charge is 0.319 e. The second kappa shape index (κ2) is 9.44. The van der Waals surface area contributed by atoms with Crippen molar-refractivity contribution in [2.24, 2.45) is 5.92 Å². The summed E-state index contributed by atoms with van der Waals surface area (Å²) in [7, 11) is 0. The molecule has 1 aliphatic heterocycles. The summed E-state index contributed by atoms with van der Waals surface area (Å²) in [5.74, 6) is 0.543. The molecular weight excluding hydrogens is 370 g/mol. The number of urea groups is 1. The Morgan fingerprint density at radius 2 is 1.75 bits per heavy atom. The topological polar surface area (TPSA) is 45.6 Å². The van der Waals surface area contributed by atoms with Gasteiger partial charge in [-0.2, -0.15) is 0 Å². The zero-order valence-corrected chi connectivity index (χ0v) is 17.8. The number of benzene rings is 2. The molecule has 1 aliphatic rings. The maximum atomic E-state index is 12.2. The predicted molar refractivity (Wildman–Crippen MR) is 116 cm³/mol. The van der Waals surface area contributed by atoms with E-state index in [2.05, 4.69) is 42.7 Å². The standard InChI is InChI=1S/C23H30ClN3O/c1-16-5-7-22(18(3)12-16)26-23(28)25-14-19-8-10-27(11-9-19)15-20-13-17(2)4-6-21(20)24/h4-7,12-13,19H,8-11,14-15H2,1-3H3,(H2,25,26,28)/p+1. The fourth-order valence-electron chi connectivity index (χ4n) is 3.93. The van der Waals surface area contributed by atoms with Gasteiger partial charge in [-0.3, -0.25) is 0 Å². The summed E-state index contributed by atoms with van der Waals surface area (Å²) >= 11 is 6.35. The molecule has 0 unspecified atom stereocenters. The van der Waals surface area contributed by atoms with Crippen LogP contribution in [0.25, 0.3) is 0 Å². The first-order valence-electron chi connectivity index (χ1n) is 10.1. The number of rotatable bonds is 5. The molecule has 0 saturated carbocycles. The van der Waals surface area contributed by atoms with Gasteiger partial charge in [0.2, 0.25) is 0 Å². The molecule has 0 aromatic heterocycles. The lowest BCUT2D eigenvalue weighted by molar-refractivity contribution is -0.919. The SMILES string of the molecule is Cc1ccc(NC(=O)NCC2CC[NH+](Cc3cc(C)ccc3Cl)CC2)c(C)c1.